The molecule has 15 atom stereocenters. The summed E-state index contributed by atoms with van der Waals surface area (Å²) < 4.78 is 63.2. The average Bonchev–Trinajstić information content (AvgIpc) is 3.28. The Kier molecular flexibility index (Phi) is 16.7. The van der Waals surface area contributed by atoms with Crippen molar-refractivity contribution in [3.05, 3.63) is 57.8 Å². The third kappa shape index (κ3) is 11.2. The molecule has 0 bridgehead atoms. The number of rotatable bonds is 15. The number of benzene rings is 2. The zero-order chi connectivity index (χ0) is 49.9. The summed E-state index contributed by atoms with van der Waals surface area (Å²) in [5.74, 6) is -4.01. The van der Waals surface area contributed by atoms with Gasteiger partial charge in [0.1, 0.15) is 89.8 Å². The summed E-state index contributed by atoms with van der Waals surface area (Å²) in [6, 6.07) is 7.11. The normalized spacial score (nSPS) is 31.6. The van der Waals surface area contributed by atoms with E-state index in [0.717, 1.165) is 32.4 Å². The molecule has 23 nitrogen and oxygen atoms in total. The second-order valence-electron chi connectivity index (χ2n) is 16.6. The lowest BCUT2D eigenvalue weighted by Crippen LogP contribution is -2.65. The number of aromatic hydroxyl groups is 1. The number of aliphatic hydroxyl groups is 7. The van der Waals surface area contributed by atoms with Crippen LogP contribution in [0.2, 0.25) is 0 Å². The Bertz CT molecular complexity index is 2360. The van der Waals surface area contributed by atoms with Gasteiger partial charge in [-0.15, -0.1) is 0 Å². The second-order valence-corrected chi connectivity index (χ2v) is 16.6. The second kappa shape index (κ2) is 21.9. The fraction of sp³-hybridized carbons (Fsp3) is 0.556. The highest BCUT2D eigenvalue weighted by molar-refractivity contribution is 5.91. The molecule has 3 aliphatic rings. The van der Waals surface area contributed by atoms with Crippen molar-refractivity contribution in [2.45, 2.75) is 140 Å². The first kappa shape index (κ1) is 51.9. The van der Waals surface area contributed by atoms with E-state index in [-0.39, 0.29) is 34.6 Å². The Hall–Kier alpha value is -5.44. The molecule has 1 aromatic heterocycles. The van der Waals surface area contributed by atoms with Crippen LogP contribution >= 0.6 is 0 Å². The first-order valence-electron chi connectivity index (χ1n) is 21.4. The molecule has 4 heterocycles. The molecule has 23 heteroatoms. The molecule has 0 radical (unpaired) electrons. The lowest BCUT2D eigenvalue weighted by Gasteiger charge is -2.46. The summed E-state index contributed by atoms with van der Waals surface area (Å²) >= 11 is 0. The van der Waals surface area contributed by atoms with Crippen molar-refractivity contribution in [3.63, 3.8) is 0 Å². The minimum absolute atomic E-state index is 0.0260. The summed E-state index contributed by atoms with van der Waals surface area (Å²) in [6.07, 6.45) is -23.9. The number of methoxy groups -OCH3 is 1. The third-order valence-electron chi connectivity index (χ3n) is 11.3. The molecule has 8 N–H and O–H groups in total. The average molecular weight is 965 g/mol. The fourth-order valence-corrected chi connectivity index (χ4v) is 7.84. The SMILES string of the molecule is COc1ccc(-c2oc3c(CC=C(C)C)c(OC4OC(CO)C(O)C(O)C4O)cc(O)c3c(=O)c2OC2OC(C)C(OC(C)=O)C(OC3OC(COC(C)=O)C(O)C(OC(C)=O)C3O)C2O)cc1. The van der Waals surface area contributed by atoms with Gasteiger partial charge in [-0.1, -0.05) is 11.6 Å². The number of ether oxygens (including phenoxy) is 10. The Morgan fingerprint density at radius 1 is 0.721 bits per heavy atom. The van der Waals surface area contributed by atoms with Crippen LogP contribution in [0.15, 0.2) is 51.2 Å². The van der Waals surface area contributed by atoms with Gasteiger partial charge in [0.15, 0.2) is 24.3 Å². The summed E-state index contributed by atoms with van der Waals surface area (Å²) in [7, 11) is 1.43. The summed E-state index contributed by atoms with van der Waals surface area (Å²) in [5.41, 5.74) is -0.175. The lowest BCUT2D eigenvalue weighted by atomic mass is 9.96. The zero-order valence-corrected chi connectivity index (χ0v) is 37.9. The van der Waals surface area contributed by atoms with Crippen LogP contribution in [-0.2, 0) is 54.0 Å². The van der Waals surface area contributed by atoms with Crippen LogP contribution in [0.3, 0.4) is 0 Å². The first-order valence-corrected chi connectivity index (χ1v) is 21.4. The zero-order valence-electron chi connectivity index (χ0n) is 37.9. The van der Waals surface area contributed by atoms with Crippen molar-refractivity contribution in [3.8, 4) is 34.3 Å². The molecule has 2 aromatic carbocycles. The van der Waals surface area contributed by atoms with Gasteiger partial charge < -0.3 is 92.6 Å². The standard InChI is InChI=1S/C45H56O23/c1-17(2)8-13-24-26(63-43-34(55)33(54)30(51)27(15-46)64-43)14-25(50)29-32(53)41(38(66-39(24)29)22-9-11-23(58-7)12-10-22)67-44-36(57)42(37(18(3)60-44)61-20(5)48)68-45-35(56)40(62-21(6)49)31(52)28(65-45)16-59-19(4)47/h8-12,14,18,27-28,30-31,33-37,40,42-46,50-52,54-57H,13,15-16H2,1-7H3. The van der Waals surface area contributed by atoms with Gasteiger partial charge >= 0.3 is 17.9 Å². The number of phenols is 1. The quantitative estimate of drug-likeness (QED) is 0.0546. The minimum Gasteiger partial charge on any atom is -0.507 e. The number of hydrogen-bond donors (Lipinski definition) is 8. The van der Waals surface area contributed by atoms with Gasteiger partial charge in [-0.2, -0.15) is 0 Å². The predicted molar refractivity (Wildman–Crippen MR) is 228 cm³/mol. The third-order valence-corrected chi connectivity index (χ3v) is 11.3. The van der Waals surface area contributed by atoms with Crippen LogP contribution in [0.1, 0.15) is 47.1 Å². The number of hydrogen-bond acceptors (Lipinski definition) is 23. The summed E-state index contributed by atoms with van der Waals surface area (Å²) in [6.45, 7) is 6.79. The number of carbonyl (C=O) groups is 3. The van der Waals surface area contributed by atoms with Crippen LogP contribution in [0.25, 0.3) is 22.3 Å². The van der Waals surface area contributed by atoms with Gasteiger partial charge in [-0.25, -0.2) is 0 Å². The molecule has 0 amide bonds. The van der Waals surface area contributed by atoms with Crippen molar-refractivity contribution >= 4 is 28.9 Å². The fourth-order valence-electron chi connectivity index (χ4n) is 7.84. The van der Waals surface area contributed by atoms with E-state index < -0.39 is 146 Å². The van der Waals surface area contributed by atoms with Crippen LogP contribution in [-0.4, -0.2) is 171 Å². The summed E-state index contributed by atoms with van der Waals surface area (Å²) in [5, 5.41) is 86.9. The van der Waals surface area contributed by atoms with E-state index in [2.05, 4.69) is 0 Å². The largest absolute Gasteiger partial charge is 0.507 e. The van der Waals surface area contributed by atoms with E-state index in [0.29, 0.717) is 5.75 Å². The molecule has 6 rings (SSSR count). The molecule has 3 aromatic rings. The van der Waals surface area contributed by atoms with Crippen LogP contribution < -0.4 is 19.6 Å². The van der Waals surface area contributed by atoms with Crippen molar-refractivity contribution < 1.29 is 107 Å². The molecule has 0 spiro atoms. The maximum absolute atomic E-state index is 14.9. The molecular weight excluding hydrogens is 908 g/mol. The van der Waals surface area contributed by atoms with E-state index >= 15 is 0 Å². The molecule has 0 aliphatic carbocycles. The minimum atomic E-state index is -2.05. The monoisotopic (exact) mass is 964 g/mol. The maximum atomic E-state index is 14.9. The van der Waals surface area contributed by atoms with Crippen LogP contribution in [0.5, 0.6) is 23.0 Å². The van der Waals surface area contributed by atoms with Crippen LogP contribution in [0.4, 0.5) is 0 Å². The molecule has 0 saturated carbocycles. The van der Waals surface area contributed by atoms with Gasteiger partial charge in [-0.05, 0) is 51.5 Å². The van der Waals surface area contributed by atoms with Gasteiger partial charge in [0.2, 0.25) is 23.8 Å². The van der Waals surface area contributed by atoms with Crippen molar-refractivity contribution in [2.75, 3.05) is 20.3 Å². The molecule has 3 fully saturated rings. The predicted octanol–water partition coefficient (Wildman–Crippen LogP) is -0.395. The topological polar surface area (TPSA) is 336 Å². The van der Waals surface area contributed by atoms with E-state index in [1.165, 1.54) is 38.3 Å². The number of allylic oxidation sites excluding steroid dienone is 2. The van der Waals surface area contributed by atoms with Crippen molar-refractivity contribution in [1.29, 1.82) is 0 Å². The highest BCUT2D eigenvalue weighted by Crippen LogP contribution is 2.42. The highest BCUT2D eigenvalue weighted by atomic mass is 16.8. The Balaban J connectivity index is 1.46. The van der Waals surface area contributed by atoms with E-state index in [1.807, 2.05) is 0 Å². The Morgan fingerprint density at radius 2 is 1.34 bits per heavy atom. The van der Waals surface area contributed by atoms with E-state index in [4.69, 9.17) is 51.8 Å². The highest BCUT2D eigenvalue weighted by Gasteiger charge is 2.54. The number of esters is 3. The first-order chi connectivity index (χ1) is 32.1. The molecule has 15 unspecified atom stereocenters. The summed E-state index contributed by atoms with van der Waals surface area (Å²) in [4.78, 5) is 51.0. The van der Waals surface area contributed by atoms with E-state index in [1.54, 1.807) is 19.9 Å². The number of phenolic OH excluding ortho intramolecular Hbond substituents is 1. The Labute approximate surface area is 387 Å². The molecular formula is C45H56O23. The molecule has 374 valence electrons. The maximum Gasteiger partial charge on any atom is 0.303 e. The van der Waals surface area contributed by atoms with Gasteiger partial charge in [0.25, 0.3) is 0 Å². The lowest BCUT2D eigenvalue weighted by molar-refractivity contribution is -0.351. The number of fused-ring (bicyclic) bond motifs is 1. The van der Waals surface area contributed by atoms with Crippen LogP contribution in [0, 0.1) is 0 Å². The van der Waals surface area contributed by atoms with E-state index in [9.17, 15) is 60.0 Å². The van der Waals surface area contributed by atoms with Gasteiger partial charge in [-0.3, -0.25) is 19.2 Å². The molecule has 3 saturated heterocycles. The Morgan fingerprint density at radius 3 is 1.94 bits per heavy atom. The molecule has 68 heavy (non-hydrogen) atoms. The number of carbonyl (C=O) groups excluding carboxylic acids is 3. The van der Waals surface area contributed by atoms with Crippen molar-refractivity contribution in [1.82, 2.24) is 0 Å². The van der Waals surface area contributed by atoms with Gasteiger partial charge in [0, 0.05) is 38.0 Å². The smallest absolute Gasteiger partial charge is 0.303 e. The van der Waals surface area contributed by atoms with Crippen molar-refractivity contribution in [2.24, 2.45) is 0 Å². The number of aliphatic hydroxyl groups excluding tert-OH is 7. The van der Waals surface area contributed by atoms with Gasteiger partial charge in [0.05, 0.1) is 19.8 Å². The molecule has 3 aliphatic heterocycles.